The van der Waals surface area contributed by atoms with Crippen LogP contribution in [0.3, 0.4) is 0 Å². The highest BCUT2D eigenvalue weighted by atomic mass is 16.6. The topological polar surface area (TPSA) is 117 Å². The summed E-state index contributed by atoms with van der Waals surface area (Å²) in [6.45, 7) is 8.48. The van der Waals surface area contributed by atoms with Crippen LogP contribution in [0.5, 0.6) is 11.5 Å². The number of nitrogens with zero attached hydrogens (tertiary/aromatic N) is 1. The lowest BCUT2D eigenvalue weighted by molar-refractivity contribution is -0.137. The van der Waals surface area contributed by atoms with Gasteiger partial charge in [-0.1, -0.05) is 18.2 Å². The molecule has 0 saturated heterocycles. The number of hydrogen-bond acceptors (Lipinski definition) is 6. The monoisotopic (exact) mass is 469 g/mol. The Bertz CT molecular complexity index is 997. The predicted octanol–water partition coefficient (Wildman–Crippen LogP) is 3.62. The van der Waals surface area contributed by atoms with Gasteiger partial charge in [-0.3, -0.25) is 9.59 Å². The lowest BCUT2D eigenvalue weighted by Crippen LogP contribution is -2.46. The van der Waals surface area contributed by atoms with Crippen molar-refractivity contribution in [2.45, 2.75) is 32.4 Å². The summed E-state index contributed by atoms with van der Waals surface area (Å²) in [6.07, 6.45) is 0.739. The van der Waals surface area contributed by atoms with Gasteiger partial charge >= 0.3 is 6.09 Å². The quantitative estimate of drug-likeness (QED) is 0.483. The first-order valence-corrected chi connectivity index (χ1v) is 10.6. The average molecular weight is 470 g/mol. The molecule has 34 heavy (non-hydrogen) atoms. The third kappa shape index (κ3) is 7.84. The van der Waals surface area contributed by atoms with Crippen LogP contribution in [-0.2, 0) is 14.3 Å². The minimum Gasteiger partial charge on any atom is -0.508 e. The summed E-state index contributed by atoms with van der Waals surface area (Å²) in [6, 6.07) is 11.6. The molecule has 182 valence electrons. The summed E-state index contributed by atoms with van der Waals surface area (Å²) in [4.78, 5) is 39.7. The molecule has 2 aromatic carbocycles. The van der Waals surface area contributed by atoms with E-state index in [1.165, 1.54) is 23.1 Å². The van der Waals surface area contributed by atoms with Gasteiger partial charge in [-0.25, -0.2) is 4.79 Å². The molecule has 2 rings (SSSR count). The molecule has 3 N–H and O–H groups in total. The number of alkyl carbamates (subject to hydrolysis) is 1. The van der Waals surface area contributed by atoms with Gasteiger partial charge in [-0.2, -0.15) is 0 Å². The molecule has 0 aliphatic rings. The third-order valence-corrected chi connectivity index (χ3v) is 4.56. The van der Waals surface area contributed by atoms with Crippen LogP contribution in [0.15, 0.2) is 61.2 Å². The van der Waals surface area contributed by atoms with Gasteiger partial charge in [0.2, 0.25) is 5.91 Å². The maximum Gasteiger partial charge on any atom is 0.408 e. The Morgan fingerprint density at radius 1 is 1.09 bits per heavy atom. The van der Waals surface area contributed by atoms with Gasteiger partial charge in [0.25, 0.3) is 5.91 Å². The fraction of sp³-hybridized carbons (Fsp3) is 0.320. The molecular weight excluding hydrogens is 438 g/mol. The molecule has 2 aromatic rings. The minimum atomic E-state index is -1.06. The number of amides is 3. The van der Waals surface area contributed by atoms with Crippen LogP contribution >= 0.6 is 0 Å². The van der Waals surface area contributed by atoms with Gasteiger partial charge in [-0.05, 0) is 62.7 Å². The van der Waals surface area contributed by atoms with Crippen molar-refractivity contribution < 1.29 is 29.0 Å². The zero-order chi connectivity index (χ0) is 25.3. The zero-order valence-electron chi connectivity index (χ0n) is 19.8. The number of carbonyl (C=O) groups is 3. The Kier molecular flexibility index (Phi) is 9.06. The van der Waals surface area contributed by atoms with Gasteiger partial charge in [0.1, 0.15) is 29.7 Å². The molecule has 3 amide bonds. The van der Waals surface area contributed by atoms with E-state index in [1.807, 2.05) is 0 Å². The number of hydrogen-bond donors (Lipinski definition) is 3. The number of phenols is 1. The molecule has 0 bridgehead atoms. The van der Waals surface area contributed by atoms with E-state index in [1.54, 1.807) is 64.3 Å². The summed E-state index contributed by atoms with van der Waals surface area (Å²) in [5, 5.41) is 14.9. The van der Waals surface area contributed by atoms with Crippen LogP contribution in [0, 0.1) is 0 Å². The first kappa shape index (κ1) is 26.2. The molecule has 0 fully saturated rings. The van der Waals surface area contributed by atoms with Crippen LogP contribution in [0.2, 0.25) is 0 Å². The summed E-state index contributed by atoms with van der Waals surface area (Å²) < 4.78 is 10.3. The molecular formula is C25H31N3O6. The van der Waals surface area contributed by atoms with Crippen molar-refractivity contribution in [2.75, 3.05) is 25.5 Å². The fourth-order valence-electron chi connectivity index (χ4n) is 3.07. The molecule has 0 saturated carbocycles. The number of anilines is 1. The first-order chi connectivity index (χ1) is 16.0. The van der Waals surface area contributed by atoms with Crippen molar-refractivity contribution in [1.29, 1.82) is 0 Å². The molecule has 1 unspecified atom stereocenters. The van der Waals surface area contributed by atoms with Crippen LogP contribution in [0.4, 0.5) is 10.5 Å². The zero-order valence-corrected chi connectivity index (χ0v) is 19.8. The van der Waals surface area contributed by atoms with Crippen molar-refractivity contribution in [3.8, 4) is 11.5 Å². The largest absolute Gasteiger partial charge is 0.508 e. The second-order valence-electron chi connectivity index (χ2n) is 8.40. The highest BCUT2D eigenvalue weighted by Crippen LogP contribution is 2.26. The number of nitrogens with one attached hydrogen (secondary N) is 2. The molecule has 0 spiro atoms. The second kappa shape index (κ2) is 11.7. The minimum absolute atomic E-state index is 0.0197. The second-order valence-corrected chi connectivity index (χ2v) is 8.40. The van der Waals surface area contributed by atoms with Crippen molar-refractivity contribution in [3.05, 3.63) is 66.7 Å². The van der Waals surface area contributed by atoms with Crippen LogP contribution in [0.25, 0.3) is 0 Å². The molecule has 9 nitrogen and oxygen atoms in total. The standard InChI is InChI=1S/C25H31N3O6/c1-6-15-28(21(30)16-26-24(32)34-25(2,3)4)22(17-7-11-19(29)12-8-17)23(31)27-18-9-13-20(33-5)14-10-18/h6-14,22,29H,1,15-16H2,2-5H3,(H,26,32)(H,27,31). The predicted molar refractivity (Wildman–Crippen MR) is 129 cm³/mol. The summed E-state index contributed by atoms with van der Waals surface area (Å²) >= 11 is 0. The fourth-order valence-corrected chi connectivity index (χ4v) is 3.07. The third-order valence-electron chi connectivity index (χ3n) is 4.56. The Balaban J connectivity index is 2.30. The number of ether oxygens (including phenoxy) is 2. The van der Waals surface area contributed by atoms with E-state index in [2.05, 4.69) is 17.2 Å². The number of rotatable bonds is 9. The van der Waals surface area contributed by atoms with Gasteiger partial charge in [-0.15, -0.1) is 6.58 Å². The van der Waals surface area contributed by atoms with Crippen molar-refractivity contribution in [3.63, 3.8) is 0 Å². The van der Waals surface area contributed by atoms with Crippen LogP contribution in [0.1, 0.15) is 32.4 Å². The molecule has 0 aromatic heterocycles. The van der Waals surface area contributed by atoms with Crippen molar-refractivity contribution in [2.24, 2.45) is 0 Å². The van der Waals surface area contributed by atoms with E-state index in [9.17, 15) is 19.5 Å². The number of carbonyl (C=O) groups excluding carboxylic acids is 3. The van der Waals surface area contributed by atoms with Gasteiger partial charge < -0.3 is 30.1 Å². The highest BCUT2D eigenvalue weighted by molar-refractivity contribution is 5.98. The molecule has 9 heteroatoms. The molecule has 0 aliphatic heterocycles. The Labute approximate surface area is 199 Å². The summed E-state index contributed by atoms with van der Waals surface area (Å²) in [5.74, 6) is -0.354. The maximum absolute atomic E-state index is 13.4. The lowest BCUT2D eigenvalue weighted by atomic mass is 10.0. The number of phenolic OH excluding ortho intramolecular Hbond substituents is 1. The van der Waals surface area contributed by atoms with E-state index < -0.39 is 29.6 Å². The van der Waals surface area contributed by atoms with Gasteiger partial charge in [0, 0.05) is 12.2 Å². The highest BCUT2D eigenvalue weighted by Gasteiger charge is 2.31. The van der Waals surface area contributed by atoms with E-state index >= 15 is 0 Å². The first-order valence-electron chi connectivity index (χ1n) is 10.6. The van der Waals surface area contributed by atoms with E-state index in [-0.39, 0.29) is 18.8 Å². The summed E-state index contributed by atoms with van der Waals surface area (Å²) in [5.41, 5.74) is 0.254. The van der Waals surface area contributed by atoms with Gasteiger partial charge in [0.05, 0.1) is 7.11 Å². The van der Waals surface area contributed by atoms with Crippen LogP contribution < -0.4 is 15.4 Å². The number of methoxy groups -OCH3 is 1. The van der Waals surface area contributed by atoms with Crippen molar-refractivity contribution >= 4 is 23.6 Å². The normalized spacial score (nSPS) is 11.6. The number of aromatic hydroxyl groups is 1. The smallest absolute Gasteiger partial charge is 0.408 e. The lowest BCUT2D eigenvalue weighted by Gasteiger charge is -2.31. The Morgan fingerprint density at radius 3 is 2.24 bits per heavy atom. The molecule has 0 heterocycles. The molecule has 0 aliphatic carbocycles. The Hall–Kier alpha value is -4.01. The number of benzene rings is 2. The van der Waals surface area contributed by atoms with Gasteiger partial charge in [0.15, 0.2) is 0 Å². The maximum atomic E-state index is 13.4. The molecule has 1 atom stereocenters. The SMILES string of the molecule is C=CCN(C(=O)CNC(=O)OC(C)(C)C)C(C(=O)Nc1ccc(OC)cc1)c1ccc(O)cc1. The van der Waals surface area contributed by atoms with Crippen LogP contribution in [-0.4, -0.2) is 53.7 Å². The van der Waals surface area contributed by atoms with E-state index in [0.717, 1.165) is 0 Å². The van der Waals surface area contributed by atoms with E-state index in [4.69, 9.17) is 9.47 Å². The van der Waals surface area contributed by atoms with Crippen molar-refractivity contribution in [1.82, 2.24) is 10.2 Å². The molecule has 0 radical (unpaired) electrons. The summed E-state index contributed by atoms with van der Waals surface area (Å²) in [7, 11) is 1.54. The Morgan fingerprint density at radius 2 is 1.71 bits per heavy atom. The van der Waals surface area contributed by atoms with E-state index in [0.29, 0.717) is 17.0 Å². The average Bonchev–Trinajstić information content (AvgIpc) is 2.77.